The fourth-order valence-corrected chi connectivity index (χ4v) is 1.88. The minimum Gasteiger partial charge on any atom is -0.444 e. The number of carbonyl (C=O) groups is 1. The molecule has 2 N–H and O–H groups in total. The van der Waals surface area contributed by atoms with Crippen molar-refractivity contribution in [2.45, 2.75) is 39.8 Å². The minimum atomic E-state index is -0.444. The summed E-state index contributed by atoms with van der Waals surface area (Å²) in [6, 6.07) is 4.03. The second-order valence-corrected chi connectivity index (χ2v) is 6.29. The van der Waals surface area contributed by atoms with E-state index < -0.39 is 5.60 Å². The third-order valence-corrected chi connectivity index (χ3v) is 2.76. The van der Waals surface area contributed by atoms with Crippen LogP contribution in [0.5, 0.6) is 0 Å². The van der Waals surface area contributed by atoms with Crippen molar-refractivity contribution < 1.29 is 9.53 Å². The molecule has 0 aliphatic heterocycles. The first-order valence-corrected chi connectivity index (χ1v) is 7.05. The fraction of sp³-hybridized carbons (Fsp3) is 0.667. The van der Waals surface area contributed by atoms with Gasteiger partial charge in [-0.15, -0.1) is 0 Å². The summed E-state index contributed by atoms with van der Waals surface area (Å²) in [4.78, 5) is 16.6. The second kappa shape index (κ2) is 7.33. The molecule has 0 radical (unpaired) electrons. The summed E-state index contributed by atoms with van der Waals surface area (Å²) < 4.78 is 5.33. The molecule has 1 amide bonds. The fourth-order valence-electron chi connectivity index (χ4n) is 1.88. The molecule has 0 saturated carbocycles. The number of aromatic amines is 1. The molecule has 0 aromatic carbocycles. The predicted molar refractivity (Wildman–Crippen MR) is 80.5 cm³/mol. The Balaban J connectivity index is 2.23. The SMILES string of the molecule is CC(CNCc1ccc[nH]1)CN(C)C(=O)OC(C)(C)C. The van der Waals surface area contributed by atoms with Crippen molar-refractivity contribution >= 4 is 6.09 Å². The maximum Gasteiger partial charge on any atom is 0.410 e. The van der Waals surface area contributed by atoms with Crippen molar-refractivity contribution in [1.82, 2.24) is 15.2 Å². The highest BCUT2D eigenvalue weighted by Gasteiger charge is 2.20. The first kappa shape index (κ1) is 16.6. The van der Waals surface area contributed by atoms with Gasteiger partial charge in [0.1, 0.15) is 5.60 Å². The Morgan fingerprint density at radius 3 is 2.75 bits per heavy atom. The molecule has 0 aliphatic carbocycles. The predicted octanol–water partition coefficient (Wildman–Crippen LogP) is 2.61. The molecule has 1 rings (SSSR count). The van der Waals surface area contributed by atoms with Gasteiger partial charge >= 0.3 is 6.09 Å². The number of hydrogen-bond acceptors (Lipinski definition) is 3. The normalized spacial score (nSPS) is 13.1. The van der Waals surface area contributed by atoms with E-state index in [1.807, 2.05) is 39.1 Å². The average molecular weight is 281 g/mol. The van der Waals surface area contributed by atoms with E-state index in [0.717, 1.165) is 18.8 Å². The van der Waals surface area contributed by atoms with Gasteiger partial charge in [-0.3, -0.25) is 0 Å². The summed E-state index contributed by atoms with van der Waals surface area (Å²) in [5.41, 5.74) is 0.721. The van der Waals surface area contributed by atoms with Gasteiger partial charge in [0.2, 0.25) is 0 Å². The molecule has 1 aromatic heterocycles. The van der Waals surface area contributed by atoms with Gasteiger partial charge in [0.15, 0.2) is 0 Å². The topological polar surface area (TPSA) is 57.4 Å². The zero-order valence-electron chi connectivity index (χ0n) is 13.2. The summed E-state index contributed by atoms with van der Waals surface area (Å²) in [6.45, 7) is 10.1. The minimum absolute atomic E-state index is 0.270. The number of amides is 1. The Morgan fingerprint density at radius 2 is 2.20 bits per heavy atom. The van der Waals surface area contributed by atoms with Gasteiger partial charge in [-0.1, -0.05) is 6.92 Å². The van der Waals surface area contributed by atoms with Gasteiger partial charge < -0.3 is 19.9 Å². The van der Waals surface area contributed by atoms with E-state index in [2.05, 4.69) is 17.2 Å². The van der Waals surface area contributed by atoms with Crippen molar-refractivity contribution in [2.75, 3.05) is 20.1 Å². The van der Waals surface area contributed by atoms with Crippen LogP contribution in [0.4, 0.5) is 4.79 Å². The number of rotatable bonds is 6. The molecule has 0 bridgehead atoms. The lowest BCUT2D eigenvalue weighted by atomic mass is 10.1. The van der Waals surface area contributed by atoms with Crippen LogP contribution in [0.15, 0.2) is 18.3 Å². The molecule has 20 heavy (non-hydrogen) atoms. The monoisotopic (exact) mass is 281 g/mol. The number of nitrogens with zero attached hydrogens (tertiary/aromatic N) is 1. The van der Waals surface area contributed by atoms with Crippen LogP contribution in [0.25, 0.3) is 0 Å². The van der Waals surface area contributed by atoms with Gasteiger partial charge in [-0.25, -0.2) is 4.79 Å². The maximum atomic E-state index is 11.8. The van der Waals surface area contributed by atoms with E-state index >= 15 is 0 Å². The number of aromatic nitrogens is 1. The van der Waals surface area contributed by atoms with Gasteiger partial charge in [-0.2, -0.15) is 0 Å². The highest BCUT2D eigenvalue weighted by atomic mass is 16.6. The van der Waals surface area contributed by atoms with E-state index in [9.17, 15) is 4.79 Å². The van der Waals surface area contributed by atoms with Crippen LogP contribution in [0.2, 0.25) is 0 Å². The van der Waals surface area contributed by atoms with Crippen molar-refractivity contribution in [3.05, 3.63) is 24.0 Å². The summed E-state index contributed by atoms with van der Waals surface area (Å²) in [5.74, 6) is 0.363. The maximum absolute atomic E-state index is 11.8. The van der Waals surface area contributed by atoms with Crippen LogP contribution in [0, 0.1) is 5.92 Å². The van der Waals surface area contributed by atoms with E-state index in [1.165, 1.54) is 0 Å². The highest BCUT2D eigenvalue weighted by molar-refractivity contribution is 5.67. The second-order valence-electron chi connectivity index (χ2n) is 6.29. The number of carbonyl (C=O) groups excluding carboxylic acids is 1. The van der Waals surface area contributed by atoms with Crippen molar-refractivity contribution in [3.63, 3.8) is 0 Å². The van der Waals surface area contributed by atoms with E-state index in [-0.39, 0.29) is 6.09 Å². The highest BCUT2D eigenvalue weighted by Crippen LogP contribution is 2.10. The van der Waals surface area contributed by atoms with Gasteiger partial charge in [-0.05, 0) is 45.4 Å². The van der Waals surface area contributed by atoms with E-state index in [4.69, 9.17) is 4.74 Å². The molecule has 1 aromatic rings. The van der Waals surface area contributed by atoms with Crippen molar-refractivity contribution in [3.8, 4) is 0 Å². The van der Waals surface area contributed by atoms with Crippen LogP contribution in [0.1, 0.15) is 33.4 Å². The van der Waals surface area contributed by atoms with Crippen LogP contribution in [-0.2, 0) is 11.3 Å². The zero-order valence-corrected chi connectivity index (χ0v) is 13.2. The van der Waals surface area contributed by atoms with Crippen molar-refractivity contribution in [2.24, 2.45) is 5.92 Å². The molecule has 5 heteroatoms. The quantitative estimate of drug-likeness (QED) is 0.842. The Kier molecular flexibility index (Phi) is 6.07. The average Bonchev–Trinajstić information content (AvgIpc) is 2.79. The Bertz CT molecular complexity index is 396. The van der Waals surface area contributed by atoms with Crippen molar-refractivity contribution in [1.29, 1.82) is 0 Å². The molecule has 0 fully saturated rings. The lowest BCUT2D eigenvalue weighted by Gasteiger charge is -2.26. The van der Waals surface area contributed by atoms with Crippen LogP contribution in [0.3, 0.4) is 0 Å². The summed E-state index contributed by atoms with van der Waals surface area (Å²) in [7, 11) is 1.77. The largest absolute Gasteiger partial charge is 0.444 e. The molecular weight excluding hydrogens is 254 g/mol. The van der Waals surface area contributed by atoms with Gasteiger partial charge in [0.05, 0.1) is 0 Å². The van der Waals surface area contributed by atoms with Gasteiger partial charge in [0, 0.05) is 32.0 Å². The first-order valence-electron chi connectivity index (χ1n) is 7.05. The number of hydrogen-bond donors (Lipinski definition) is 2. The van der Waals surface area contributed by atoms with Crippen LogP contribution < -0.4 is 5.32 Å². The Morgan fingerprint density at radius 1 is 1.50 bits per heavy atom. The van der Waals surface area contributed by atoms with Crippen LogP contribution >= 0.6 is 0 Å². The van der Waals surface area contributed by atoms with Gasteiger partial charge in [0.25, 0.3) is 0 Å². The number of ether oxygens (including phenoxy) is 1. The number of nitrogens with one attached hydrogen (secondary N) is 2. The third-order valence-electron chi connectivity index (χ3n) is 2.76. The number of H-pyrrole nitrogens is 1. The molecule has 1 atom stereocenters. The Labute approximate surface area is 121 Å². The molecule has 0 spiro atoms. The lowest BCUT2D eigenvalue weighted by Crippen LogP contribution is -2.38. The molecule has 1 unspecified atom stereocenters. The lowest BCUT2D eigenvalue weighted by molar-refractivity contribution is 0.0277. The summed E-state index contributed by atoms with van der Waals surface area (Å²) in [5, 5.41) is 3.37. The molecule has 114 valence electrons. The zero-order chi connectivity index (χ0) is 15.2. The molecule has 0 aliphatic rings. The van der Waals surface area contributed by atoms with E-state index in [0.29, 0.717) is 12.5 Å². The molecule has 0 saturated heterocycles. The van der Waals surface area contributed by atoms with E-state index in [1.54, 1.807) is 11.9 Å². The smallest absolute Gasteiger partial charge is 0.410 e. The Hall–Kier alpha value is -1.49. The molecular formula is C15H27N3O2. The molecule has 1 heterocycles. The standard InChI is InChI=1S/C15H27N3O2/c1-12(9-16-10-13-7-6-8-17-13)11-18(5)14(19)20-15(2,3)4/h6-8,12,16-17H,9-11H2,1-5H3. The van der Waals surface area contributed by atoms with Crippen LogP contribution in [-0.4, -0.2) is 41.7 Å². The summed E-state index contributed by atoms with van der Waals surface area (Å²) in [6.07, 6.45) is 1.64. The molecule has 5 nitrogen and oxygen atoms in total. The third kappa shape index (κ3) is 6.61. The summed E-state index contributed by atoms with van der Waals surface area (Å²) >= 11 is 0. The first-order chi connectivity index (χ1) is 9.28.